The third kappa shape index (κ3) is 6.28. The molecular weight excluding hydrogens is 500 g/mol. The highest BCUT2D eigenvalue weighted by Gasteiger charge is 2.18. The number of carbonyl (C=O) groups excluding carboxylic acids is 1. The van der Waals surface area contributed by atoms with E-state index in [4.69, 9.17) is 23.8 Å². The third-order valence-corrected chi connectivity index (χ3v) is 6.45. The first-order valence-electron chi connectivity index (χ1n) is 9.72. The minimum Gasteiger partial charge on any atom is -0.332 e. The fourth-order valence-electron chi connectivity index (χ4n) is 3.10. The fourth-order valence-corrected chi connectivity index (χ4v) is 4.53. The van der Waals surface area contributed by atoms with Gasteiger partial charge >= 0.3 is 0 Å². The molecule has 3 rings (SSSR count). The van der Waals surface area contributed by atoms with Crippen molar-refractivity contribution in [2.24, 2.45) is 0 Å². The molecule has 0 aliphatic carbocycles. The molecule has 34 heavy (non-hydrogen) atoms. The van der Waals surface area contributed by atoms with Crippen LogP contribution in [0.2, 0.25) is 5.02 Å². The maximum absolute atomic E-state index is 12.7. The monoisotopic (exact) mass is 518 g/mol. The predicted octanol–water partition coefficient (Wildman–Crippen LogP) is 4.79. The normalized spacial score (nSPS) is 10.9. The number of carbonyl (C=O) groups is 1. The molecule has 0 aromatic heterocycles. The van der Waals surface area contributed by atoms with E-state index in [1.54, 1.807) is 12.1 Å². The van der Waals surface area contributed by atoms with E-state index >= 15 is 0 Å². The van der Waals surface area contributed by atoms with Gasteiger partial charge in [0.25, 0.3) is 21.6 Å². The molecule has 0 saturated carbocycles. The zero-order valence-corrected chi connectivity index (χ0v) is 20.3. The maximum atomic E-state index is 12.7. The lowest BCUT2D eigenvalue weighted by Gasteiger charge is -2.12. The largest absolute Gasteiger partial charge is 0.332 e. The molecule has 1 amide bonds. The van der Waals surface area contributed by atoms with Crippen LogP contribution in [0.3, 0.4) is 0 Å². The average molecular weight is 519 g/mol. The Morgan fingerprint density at radius 3 is 2.18 bits per heavy atom. The van der Waals surface area contributed by atoms with Gasteiger partial charge in [-0.2, -0.15) is 0 Å². The van der Waals surface area contributed by atoms with Gasteiger partial charge in [-0.3, -0.25) is 24.9 Å². The number of aryl methyl sites for hydroxylation is 2. The Hall–Kier alpha value is -3.54. The van der Waals surface area contributed by atoms with E-state index in [0.29, 0.717) is 11.4 Å². The summed E-state index contributed by atoms with van der Waals surface area (Å²) in [7, 11) is -3.81. The number of nitrogens with one attached hydrogen (secondary N) is 3. The van der Waals surface area contributed by atoms with Crippen LogP contribution in [0, 0.1) is 24.0 Å². The highest BCUT2D eigenvalue weighted by molar-refractivity contribution is 7.92. The summed E-state index contributed by atoms with van der Waals surface area (Å²) >= 11 is 10.9. The molecule has 0 bridgehead atoms. The first-order valence-corrected chi connectivity index (χ1v) is 12.0. The number of thiocarbonyl (C=S) groups is 1. The minimum absolute atomic E-state index is 0.000786. The van der Waals surface area contributed by atoms with Crippen molar-refractivity contribution in [2.75, 3.05) is 10.0 Å². The van der Waals surface area contributed by atoms with Gasteiger partial charge in [-0.25, -0.2) is 8.42 Å². The molecule has 176 valence electrons. The van der Waals surface area contributed by atoms with E-state index in [1.807, 2.05) is 19.9 Å². The molecule has 0 spiro atoms. The van der Waals surface area contributed by atoms with Crippen molar-refractivity contribution in [3.8, 4) is 0 Å². The van der Waals surface area contributed by atoms with E-state index < -0.39 is 26.5 Å². The Morgan fingerprint density at radius 2 is 1.59 bits per heavy atom. The number of amides is 1. The zero-order valence-electron chi connectivity index (χ0n) is 18.0. The molecule has 0 saturated heterocycles. The maximum Gasteiger partial charge on any atom is 0.288 e. The van der Waals surface area contributed by atoms with E-state index in [9.17, 15) is 23.3 Å². The second-order valence-electron chi connectivity index (χ2n) is 7.34. The summed E-state index contributed by atoms with van der Waals surface area (Å²) in [6.07, 6.45) is 0. The summed E-state index contributed by atoms with van der Waals surface area (Å²) < 4.78 is 27.9. The van der Waals surface area contributed by atoms with Crippen LogP contribution in [0.5, 0.6) is 0 Å². The first-order chi connectivity index (χ1) is 15.9. The number of sulfonamides is 1. The topological polar surface area (TPSA) is 130 Å². The summed E-state index contributed by atoms with van der Waals surface area (Å²) in [5, 5.41) is 16.0. The Balaban J connectivity index is 1.66. The quantitative estimate of drug-likeness (QED) is 0.243. The molecule has 3 aromatic rings. The smallest absolute Gasteiger partial charge is 0.288 e. The van der Waals surface area contributed by atoms with Gasteiger partial charge in [0.2, 0.25) is 0 Å². The van der Waals surface area contributed by atoms with Gasteiger partial charge in [-0.15, -0.1) is 0 Å². The van der Waals surface area contributed by atoms with Crippen molar-refractivity contribution in [3.63, 3.8) is 0 Å². The molecule has 0 atom stereocenters. The van der Waals surface area contributed by atoms with Crippen LogP contribution in [-0.2, 0) is 10.0 Å². The minimum atomic E-state index is -3.81. The molecule has 0 heterocycles. The third-order valence-electron chi connectivity index (χ3n) is 4.53. The number of anilines is 2. The summed E-state index contributed by atoms with van der Waals surface area (Å²) in [5.74, 6) is -0.672. The number of rotatable bonds is 6. The van der Waals surface area contributed by atoms with Crippen LogP contribution in [0.1, 0.15) is 21.5 Å². The van der Waals surface area contributed by atoms with E-state index in [-0.39, 0.29) is 20.6 Å². The predicted molar refractivity (Wildman–Crippen MR) is 135 cm³/mol. The standard InChI is InChI=1S/C22H19ClN4O5S2/c1-13-9-14(2)11-17(10-13)26-34(31,32)18-6-4-16(5-7-18)24-22(33)25-21(28)15-3-8-19(23)20(12-15)27(29)30/h3-12,26H,1-2H3,(H2,24,25,28,33). The molecule has 0 radical (unpaired) electrons. The van der Waals surface area contributed by atoms with Crippen LogP contribution in [0.15, 0.2) is 65.6 Å². The molecule has 12 heteroatoms. The van der Waals surface area contributed by atoms with Gasteiger partial charge in [-0.1, -0.05) is 17.7 Å². The number of benzene rings is 3. The molecule has 9 nitrogen and oxygen atoms in total. The van der Waals surface area contributed by atoms with Crippen LogP contribution >= 0.6 is 23.8 Å². The average Bonchev–Trinajstić information content (AvgIpc) is 2.73. The van der Waals surface area contributed by atoms with Gasteiger partial charge in [0.05, 0.1) is 9.82 Å². The number of halogens is 1. The molecule has 0 aliphatic heterocycles. The molecule has 0 unspecified atom stereocenters. The summed E-state index contributed by atoms with van der Waals surface area (Å²) in [5.41, 5.74) is 2.35. The number of nitrogens with zero attached hydrogens (tertiary/aromatic N) is 1. The lowest BCUT2D eigenvalue weighted by Crippen LogP contribution is -2.34. The lowest BCUT2D eigenvalue weighted by molar-refractivity contribution is -0.384. The van der Waals surface area contributed by atoms with Crippen LogP contribution < -0.4 is 15.4 Å². The van der Waals surface area contributed by atoms with Crippen molar-refractivity contribution in [2.45, 2.75) is 18.7 Å². The SMILES string of the molecule is Cc1cc(C)cc(NS(=O)(=O)c2ccc(NC(=S)NC(=O)c3ccc(Cl)c([N+](=O)[O-])c3)cc2)c1. The zero-order chi connectivity index (χ0) is 25.0. The molecule has 3 aromatic carbocycles. The van der Waals surface area contributed by atoms with Crippen molar-refractivity contribution in [1.29, 1.82) is 0 Å². The molecule has 3 N–H and O–H groups in total. The highest BCUT2D eigenvalue weighted by Crippen LogP contribution is 2.25. The lowest BCUT2D eigenvalue weighted by atomic mass is 10.1. The second-order valence-corrected chi connectivity index (χ2v) is 9.84. The number of nitro groups is 1. The van der Waals surface area contributed by atoms with Gasteiger partial charge in [-0.05, 0) is 85.7 Å². The van der Waals surface area contributed by atoms with Crippen LogP contribution in [-0.4, -0.2) is 24.4 Å². The van der Waals surface area contributed by atoms with Gasteiger partial charge in [0, 0.05) is 23.0 Å². The number of nitro benzene ring substituents is 1. The van der Waals surface area contributed by atoms with Crippen molar-refractivity contribution in [3.05, 3.63) is 92.5 Å². The van der Waals surface area contributed by atoms with Crippen LogP contribution in [0.4, 0.5) is 17.1 Å². The van der Waals surface area contributed by atoms with Crippen molar-refractivity contribution in [1.82, 2.24) is 5.32 Å². The van der Waals surface area contributed by atoms with Gasteiger partial charge in [0.15, 0.2) is 5.11 Å². The summed E-state index contributed by atoms with van der Waals surface area (Å²) in [6.45, 7) is 3.75. The van der Waals surface area contributed by atoms with Gasteiger partial charge < -0.3 is 5.32 Å². The summed E-state index contributed by atoms with van der Waals surface area (Å²) in [4.78, 5) is 22.7. The Kier molecular flexibility index (Phi) is 7.50. The Bertz CT molecular complexity index is 1370. The van der Waals surface area contributed by atoms with E-state index in [1.165, 1.54) is 36.4 Å². The highest BCUT2D eigenvalue weighted by atomic mass is 35.5. The van der Waals surface area contributed by atoms with Crippen molar-refractivity contribution >= 4 is 61.9 Å². The Labute approximate surface area is 206 Å². The number of hydrogen-bond donors (Lipinski definition) is 3. The molecular formula is C22H19ClN4O5S2. The van der Waals surface area contributed by atoms with E-state index in [0.717, 1.165) is 17.2 Å². The first kappa shape index (κ1) is 25.1. The fraction of sp³-hybridized carbons (Fsp3) is 0.0909. The molecule has 0 fully saturated rings. The van der Waals surface area contributed by atoms with Crippen molar-refractivity contribution < 1.29 is 18.1 Å². The van der Waals surface area contributed by atoms with Gasteiger partial charge in [0.1, 0.15) is 5.02 Å². The summed E-state index contributed by atoms with van der Waals surface area (Å²) in [6, 6.07) is 14.8. The molecule has 0 aliphatic rings. The van der Waals surface area contributed by atoms with E-state index in [2.05, 4.69) is 15.4 Å². The number of hydrogen-bond acceptors (Lipinski definition) is 6. The second kappa shape index (κ2) is 10.2. The van der Waals surface area contributed by atoms with Crippen LogP contribution in [0.25, 0.3) is 0 Å². The Morgan fingerprint density at radius 1 is 0.971 bits per heavy atom.